The van der Waals surface area contributed by atoms with Gasteiger partial charge < -0.3 is 15.5 Å². The third kappa shape index (κ3) is 2.29. The van der Waals surface area contributed by atoms with Crippen molar-refractivity contribution in [3.8, 4) is 5.75 Å². The van der Waals surface area contributed by atoms with Crippen molar-refractivity contribution >= 4 is 5.91 Å². The first kappa shape index (κ1) is 13.4. The van der Waals surface area contributed by atoms with Crippen molar-refractivity contribution in [1.82, 2.24) is 5.32 Å². The van der Waals surface area contributed by atoms with Crippen LogP contribution < -0.4 is 5.32 Å². The summed E-state index contributed by atoms with van der Waals surface area (Å²) in [5.41, 5.74) is 1.35. The van der Waals surface area contributed by atoms with E-state index in [0.717, 1.165) is 18.4 Å². The number of aliphatic hydroxyl groups is 1. The Kier molecular flexibility index (Phi) is 3.42. The molecule has 0 aliphatic heterocycles. The number of hydrogen-bond donors (Lipinski definition) is 3. The summed E-state index contributed by atoms with van der Waals surface area (Å²) in [6.45, 7) is 2.00. The molecule has 1 aromatic rings. The van der Waals surface area contributed by atoms with Crippen molar-refractivity contribution in [2.45, 2.75) is 32.2 Å². The molecule has 2 fully saturated rings. The van der Waals surface area contributed by atoms with Crippen LogP contribution in [0.1, 0.15) is 35.2 Å². The lowest BCUT2D eigenvalue weighted by Gasteiger charge is -2.30. The second-order valence-electron chi connectivity index (χ2n) is 6.24. The van der Waals surface area contributed by atoms with Crippen LogP contribution in [0.2, 0.25) is 0 Å². The summed E-state index contributed by atoms with van der Waals surface area (Å²) >= 11 is 0. The standard InChI is InChI=1S/C16H21NO3/c1-9-4-12(7-13(19)5-9)16(20)17-15-11-3-2-10(6-11)14(15)8-18/h4-5,7,10-11,14-15,18-19H,2-3,6,8H2,1H3,(H,17,20). The van der Waals surface area contributed by atoms with E-state index in [4.69, 9.17) is 0 Å². The largest absolute Gasteiger partial charge is 0.508 e. The fraction of sp³-hybridized carbons (Fsp3) is 0.562. The third-order valence-corrected chi connectivity index (χ3v) is 4.92. The monoisotopic (exact) mass is 275 g/mol. The number of nitrogens with one attached hydrogen (secondary N) is 1. The van der Waals surface area contributed by atoms with E-state index in [-0.39, 0.29) is 30.2 Å². The van der Waals surface area contributed by atoms with Crippen LogP contribution in [0, 0.1) is 24.7 Å². The fourth-order valence-corrected chi connectivity index (χ4v) is 4.03. The van der Waals surface area contributed by atoms with Crippen LogP contribution in [0.15, 0.2) is 18.2 Å². The number of aliphatic hydroxyl groups excluding tert-OH is 1. The molecule has 108 valence electrons. The number of aromatic hydroxyl groups is 1. The molecule has 1 aromatic carbocycles. The van der Waals surface area contributed by atoms with Crippen molar-refractivity contribution in [2.24, 2.45) is 17.8 Å². The molecule has 0 saturated heterocycles. The average Bonchev–Trinajstić information content (AvgIpc) is 2.98. The molecule has 0 heterocycles. The molecule has 2 saturated carbocycles. The van der Waals surface area contributed by atoms with Gasteiger partial charge in [0.2, 0.25) is 0 Å². The van der Waals surface area contributed by atoms with Crippen molar-refractivity contribution in [3.63, 3.8) is 0 Å². The van der Waals surface area contributed by atoms with Gasteiger partial charge in [0, 0.05) is 24.1 Å². The Morgan fingerprint density at radius 3 is 2.75 bits per heavy atom. The summed E-state index contributed by atoms with van der Waals surface area (Å²) in [5.74, 6) is 1.21. The summed E-state index contributed by atoms with van der Waals surface area (Å²) in [6, 6.07) is 4.97. The lowest BCUT2D eigenvalue weighted by Crippen LogP contribution is -2.45. The number of benzene rings is 1. The molecule has 4 nitrogen and oxygen atoms in total. The van der Waals surface area contributed by atoms with Crippen LogP contribution >= 0.6 is 0 Å². The molecule has 4 heteroatoms. The van der Waals surface area contributed by atoms with Crippen LogP contribution in [0.4, 0.5) is 0 Å². The molecule has 4 unspecified atom stereocenters. The number of aryl methyl sites for hydroxylation is 1. The Hall–Kier alpha value is -1.55. The van der Waals surface area contributed by atoms with Gasteiger partial charge in [0.1, 0.15) is 5.75 Å². The van der Waals surface area contributed by atoms with E-state index in [1.807, 2.05) is 6.92 Å². The van der Waals surface area contributed by atoms with Crippen LogP contribution in [0.5, 0.6) is 5.75 Å². The smallest absolute Gasteiger partial charge is 0.251 e. The van der Waals surface area contributed by atoms with Gasteiger partial charge in [-0.25, -0.2) is 0 Å². The number of hydrogen-bond acceptors (Lipinski definition) is 3. The quantitative estimate of drug-likeness (QED) is 0.788. The van der Waals surface area contributed by atoms with Crippen LogP contribution in [-0.4, -0.2) is 28.8 Å². The van der Waals surface area contributed by atoms with Gasteiger partial charge in [-0.05, 0) is 61.8 Å². The Morgan fingerprint density at radius 1 is 1.30 bits per heavy atom. The van der Waals surface area contributed by atoms with E-state index < -0.39 is 0 Å². The van der Waals surface area contributed by atoms with Gasteiger partial charge >= 0.3 is 0 Å². The highest BCUT2D eigenvalue weighted by molar-refractivity contribution is 5.95. The molecule has 1 amide bonds. The number of carbonyl (C=O) groups excluding carboxylic acids is 1. The van der Waals surface area contributed by atoms with Gasteiger partial charge in [-0.2, -0.15) is 0 Å². The molecule has 3 N–H and O–H groups in total. The van der Waals surface area contributed by atoms with E-state index in [1.165, 1.54) is 12.5 Å². The average molecular weight is 275 g/mol. The normalized spacial score (nSPS) is 31.5. The lowest BCUT2D eigenvalue weighted by molar-refractivity contribution is 0.0861. The maximum Gasteiger partial charge on any atom is 0.251 e. The summed E-state index contributed by atoms with van der Waals surface area (Å²) in [4.78, 5) is 12.3. The van der Waals surface area contributed by atoms with Crippen molar-refractivity contribution < 1.29 is 15.0 Å². The van der Waals surface area contributed by atoms with Crippen LogP contribution in [0.25, 0.3) is 0 Å². The SMILES string of the molecule is Cc1cc(O)cc(C(=O)NC2C3CCC(C3)C2CO)c1. The fourth-order valence-electron chi connectivity index (χ4n) is 4.03. The zero-order valence-corrected chi connectivity index (χ0v) is 11.7. The highest BCUT2D eigenvalue weighted by Crippen LogP contribution is 2.48. The molecule has 3 rings (SSSR count). The number of fused-ring (bicyclic) bond motifs is 2. The molecule has 20 heavy (non-hydrogen) atoms. The number of rotatable bonds is 3. The molecule has 0 spiro atoms. The molecule has 2 aliphatic rings. The van der Waals surface area contributed by atoms with Gasteiger partial charge in [-0.3, -0.25) is 4.79 Å². The minimum atomic E-state index is -0.153. The zero-order chi connectivity index (χ0) is 14.3. The number of amides is 1. The first-order chi connectivity index (χ1) is 9.58. The highest BCUT2D eigenvalue weighted by atomic mass is 16.3. The minimum absolute atomic E-state index is 0.0777. The van der Waals surface area contributed by atoms with Gasteiger partial charge in [-0.1, -0.05) is 0 Å². The first-order valence-corrected chi connectivity index (χ1v) is 7.31. The Balaban J connectivity index is 1.75. The molecule has 2 bridgehead atoms. The third-order valence-electron chi connectivity index (χ3n) is 4.92. The molecule has 4 atom stereocenters. The molecular weight excluding hydrogens is 254 g/mol. The Bertz CT molecular complexity index is 508. The van der Waals surface area contributed by atoms with E-state index in [1.54, 1.807) is 12.1 Å². The van der Waals surface area contributed by atoms with E-state index >= 15 is 0 Å². The van der Waals surface area contributed by atoms with E-state index in [0.29, 0.717) is 17.4 Å². The Morgan fingerprint density at radius 2 is 2.05 bits per heavy atom. The Labute approximate surface area is 118 Å². The maximum atomic E-state index is 12.3. The molecule has 2 aliphatic carbocycles. The van der Waals surface area contributed by atoms with Gasteiger partial charge in [0.15, 0.2) is 0 Å². The predicted octanol–water partition coefficient (Wildman–Crippen LogP) is 1.84. The topological polar surface area (TPSA) is 69.6 Å². The molecular formula is C16H21NO3. The maximum absolute atomic E-state index is 12.3. The van der Waals surface area contributed by atoms with Crippen molar-refractivity contribution in [2.75, 3.05) is 6.61 Å². The second-order valence-corrected chi connectivity index (χ2v) is 6.24. The zero-order valence-electron chi connectivity index (χ0n) is 11.7. The van der Waals surface area contributed by atoms with Gasteiger partial charge in [-0.15, -0.1) is 0 Å². The summed E-state index contributed by atoms with van der Waals surface area (Å²) < 4.78 is 0. The van der Waals surface area contributed by atoms with Gasteiger partial charge in [0.05, 0.1) is 0 Å². The van der Waals surface area contributed by atoms with Gasteiger partial charge in [0.25, 0.3) is 5.91 Å². The van der Waals surface area contributed by atoms with Crippen molar-refractivity contribution in [3.05, 3.63) is 29.3 Å². The number of phenols is 1. The lowest BCUT2D eigenvalue weighted by atomic mass is 9.85. The van der Waals surface area contributed by atoms with Crippen molar-refractivity contribution in [1.29, 1.82) is 0 Å². The van der Waals surface area contributed by atoms with Crippen LogP contribution in [-0.2, 0) is 0 Å². The molecule has 0 aromatic heterocycles. The summed E-state index contributed by atoms with van der Waals surface area (Å²) in [7, 11) is 0. The number of phenolic OH excluding ortho intramolecular Hbond substituents is 1. The predicted molar refractivity (Wildman–Crippen MR) is 75.5 cm³/mol. The van der Waals surface area contributed by atoms with Crippen LogP contribution in [0.3, 0.4) is 0 Å². The van der Waals surface area contributed by atoms with E-state index in [9.17, 15) is 15.0 Å². The number of carbonyl (C=O) groups is 1. The minimum Gasteiger partial charge on any atom is -0.508 e. The first-order valence-electron chi connectivity index (χ1n) is 7.31. The molecule has 0 radical (unpaired) electrons. The second kappa shape index (κ2) is 5.09. The highest BCUT2D eigenvalue weighted by Gasteiger charge is 2.47. The van der Waals surface area contributed by atoms with E-state index in [2.05, 4.69) is 5.32 Å². The summed E-state index contributed by atoms with van der Waals surface area (Å²) in [6.07, 6.45) is 3.44. The summed E-state index contributed by atoms with van der Waals surface area (Å²) in [5, 5.41) is 22.2.